The summed E-state index contributed by atoms with van der Waals surface area (Å²) in [5.41, 5.74) is 4.78. The molecule has 0 bridgehead atoms. The summed E-state index contributed by atoms with van der Waals surface area (Å²) in [6, 6.07) is 0. The molecule has 0 aliphatic carbocycles. The standard InChI is InChI=1S/C16H25N5O/c1-11-15(12(2)21(4)19-11)16-14(5-6-22-16)9-17-7-13-8-18-20(3)10-13/h8,10,14,16-17H,5-7,9H2,1-4H3/t14-,16+/m1/s1. The highest BCUT2D eigenvalue weighted by molar-refractivity contribution is 5.28. The zero-order valence-corrected chi connectivity index (χ0v) is 13.8. The maximum absolute atomic E-state index is 6.02. The summed E-state index contributed by atoms with van der Waals surface area (Å²) in [6.45, 7) is 6.83. The first kappa shape index (κ1) is 15.2. The highest BCUT2D eigenvalue weighted by Crippen LogP contribution is 2.37. The normalized spacial score (nSPS) is 21.6. The van der Waals surface area contributed by atoms with Crippen LogP contribution in [0.2, 0.25) is 0 Å². The van der Waals surface area contributed by atoms with E-state index >= 15 is 0 Å². The van der Waals surface area contributed by atoms with E-state index in [0.29, 0.717) is 5.92 Å². The van der Waals surface area contributed by atoms with Gasteiger partial charge >= 0.3 is 0 Å². The third-order valence-corrected chi connectivity index (χ3v) is 4.56. The molecule has 1 fully saturated rings. The number of hydrogen-bond donors (Lipinski definition) is 1. The van der Waals surface area contributed by atoms with Crippen molar-refractivity contribution in [1.29, 1.82) is 0 Å². The van der Waals surface area contributed by atoms with Gasteiger partial charge in [0.15, 0.2) is 0 Å². The Kier molecular flexibility index (Phi) is 4.31. The van der Waals surface area contributed by atoms with Crippen molar-refractivity contribution in [1.82, 2.24) is 24.9 Å². The van der Waals surface area contributed by atoms with Crippen molar-refractivity contribution >= 4 is 0 Å². The van der Waals surface area contributed by atoms with Crippen LogP contribution in [0.5, 0.6) is 0 Å². The average Bonchev–Trinajstić information content (AvgIpc) is 3.14. The smallest absolute Gasteiger partial charge is 0.0901 e. The molecule has 0 amide bonds. The summed E-state index contributed by atoms with van der Waals surface area (Å²) in [7, 11) is 3.94. The predicted molar refractivity (Wildman–Crippen MR) is 84.4 cm³/mol. The molecule has 2 atom stereocenters. The van der Waals surface area contributed by atoms with Gasteiger partial charge in [-0.3, -0.25) is 9.36 Å². The lowest BCUT2D eigenvalue weighted by Gasteiger charge is -2.19. The third-order valence-electron chi connectivity index (χ3n) is 4.56. The van der Waals surface area contributed by atoms with Crippen LogP contribution >= 0.6 is 0 Å². The summed E-state index contributed by atoms with van der Waals surface area (Å²) < 4.78 is 9.81. The molecular formula is C16H25N5O. The quantitative estimate of drug-likeness (QED) is 0.912. The molecule has 0 spiro atoms. The van der Waals surface area contributed by atoms with E-state index in [1.54, 1.807) is 0 Å². The van der Waals surface area contributed by atoms with E-state index in [1.807, 2.05) is 35.9 Å². The molecule has 1 N–H and O–H groups in total. The maximum Gasteiger partial charge on any atom is 0.0901 e. The Hall–Kier alpha value is -1.66. The summed E-state index contributed by atoms with van der Waals surface area (Å²) in [6.07, 6.45) is 5.21. The molecule has 0 saturated carbocycles. The van der Waals surface area contributed by atoms with Gasteiger partial charge < -0.3 is 10.1 Å². The zero-order chi connectivity index (χ0) is 15.7. The van der Waals surface area contributed by atoms with Crippen LogP contribution in [0.1, 0.15) is 35.0 Å². The maximum atomic E-state index is 6.02. The van der Waals surface area contributed by atoms with Gasteiger partial charge in [-0.15, -0.1) is 0 Å². The van der Waals surface area contributed by atoms with Crippen LogP contribution in [0, 0.1) is 19.8 Å². The van der Waals surface area contributed by atoms with E-state index in [-0.39, 0.29) is 6.10 Å². The van der Waals surface area contributed by atoms with E-state index in [9.17, 15) is 0 Å². The minimum Gasteiger partial charge on any atom is -0.373 e. The van der Waals surface area contributed by atoms with Crippen LogP contribution in [0.15, 0.2) is 12.4 Å². The van der Waals surface area contributed by atoms with Crippen molar-refractivity contribution in [3.63, 3.8) is 0 Å². The highest BCUT2D eigenvalue weighted by Gasteiger charge is 2.33. The van der Waals surface area contributed by atoms with E-state index in [0.717, 1.165) is 31.8 Å². The van der Waals surface area contributed by atoms with Gasteiger partial charge in [0, 0.05) is 62.7 Å². The van der Waals surface area contributed by atoms with Crippen LogP contribution in [-0.2, 0) is 25.4 Å². The molecule has 120 valence electrons. The molecule has 6 heteroatoms. The first-order chi connectivity index (χ1) is 10.6. The summed E-state index contributed by atoms with van der Waals surface area (Å²) in [4.78, 5) is 0. The highest BCUT2D eigenvalue weighted by atomic mass is 16.5. The van der Waals surface area contributed by atoms with E-state index in [2.05, 4.69) is 29.4 Å². The lowest BCUT2D eigenvalue weighted by Crippen LogP contribution is -2.25. The second kappa shape index (κ2) is 6.22. The van der Waals surface area contributed by atoms with Crippen molar-refractivity contribution in [2.75, 3.05) is 13.2 Å². The molecule has 1 saturated heterocycles. The number of nitrogens with one attached hydrogen (secondary N) is 1. The van der Waals surface area contributed by atoms with E-state index in [1.165, 1.54) is 16.8 Å². The number of rotatable bonds is 5. The fourth-order valence-corrected chi connectivity index (χ4v) is 3.33. The molecule has 22 heavy (non-hydrogen) atoms. The first-order valence-corrected chi connectivity index (χ1v) is 7.86. The molecular weight excluding hydrogens is 278 g/mol. The van der Waals surface area contributed by atoms with E-state index < -0.39 is 0 Å². The van der Waals surface area contributed by atoms with Crippen molar-refractivity contribution < 1.29 is 4.74 Å². The van der Waals surface area contributed by atoms with Gasteiger partial charge in [0.2, 0.25) is 0 Å². The van der Waals surface area contributed by atoms with Gasteiger partial charge in [-0.05, 0) is 20.3 Å². The molecule has 0 radical (unpaired) electrons. The number of ether oxygens (including phenoxy) is 1. The second-order valence-corrected chi connectivity index (χ2v) is 6.20. The largest absolute Gasteiger partial charge is 0.373 e. The van der Waals surface area contributed by atoms with Gasteiger partial charge in [0.1, 0.15) is 0 Å². The molecule has 3 rings (SSSR count). The molecule has 6 nitrogen and oxygen atoms in total. The third kappa shape index (κ3) is 2.94. The minimum absolute atomic E-state index is 0.162. The fraction of sp³-hybridized carbons (Fsp3) is 0.625. The van der Waals surface area contributed by atoms with Crippen molar-refractivity contribution in [3.8, 4) is 0 Å². The number of aryl methyl sites for hydroxylation is 3. The molecule has 0 aromatic carbocycles. The first-order valence-electron chi connectivity index (χ1n) is 7.86. The van der Waals surface area contributed by atoms with Crippen LogP contribution in [0.4, 0.5) is 0 Å². The van der Waals surface area contributed by atoms with Crippen LogP contribution in [-0.4, -0.2) is 32.7 Å². The summed E-state index contributed by atoms with van der Waals surface area (Å²) in [5.74, 6) is 0.498. The van der Waals surface area contributed by atoms with Crippen LogP contribution in [0.3, 0.4) is 0 Å². The molecule has 0 unspecified atom stereocenters. The van der Waals surface area contributed by atoms with Gasteiger partial charge in [0.05, 0.1) is 18.0 Å². The Morgan fingerprint density at radius 3 is 2.82 bits per heavy atom. The van der Waals surface area contributed by atoms with Crippen molar-refractivity contribution in [2.24, 2.45) is 20.0 Å². The Balaban J connectivity index is 1.63. The topological polar surface area (TPSA) is 56.9 Å². The van der Waals surface area contributed by atoms with Gasteiger partial charge in [0.25, 0.3) is 0 Å². The van der Waals surface area contributed by atoms with E-state index in [4.69, 9.17) is 4.74 Å². The van der Waals surface area contributed by atoms with Crippen LogP contribution < -0.4 is 5.32 Å². The second-order valence-electron chi connectivity index (χ2n) is 6.20. The average molecular weight is 303 g/mol. The summed E-state index contributed by atoms with van der Waals surface area (Å²) in [5, 5.41) is 12.3. The molecule has 3 heterocycles. The SMILES string of the molecule is Cc1nn(C)c(C)c1[C@H]1OCC[C@@H]1CNCc1cnn(C)c1. The summed E-state index contributed by atoms with van der Waals surface area (Å²) >= 11 is 0. The Morgan fingerprint density at radius 2 is 2.18 bits per heavy atom. The monoisotopic (exact) mass is 303 g/mol. The fourth-order valence-electron chi connectivity index (χ4n) is 3.33. The minimum atomic E-state index is 0.162. The van der Waals surface area contributed by atoms with Crippen molar-refractivity contribution in [2.45, 2.75) is 32.9 Å². The number of hydrogen-bond acceptors (Lipinski definition) is 4. The van der Waals surface area contributed by atoms with Gasteiger partial charge in [-0.25, -0.2) is 0 Å². The van der Waals surface area contributed by atoms with Gasteiger partial charge in [-0.1, -0.05) is 0 Å². The molecule has 2 aromatic rings. The predicted octanol–water partition coefficient (Wildman–Crippen LogP) is 1.64. The Bertz CT molecular complexity index is 645. The number of nitrogens with zero attached hydrogens (tertiary/aromatic N) is 4. The van der Waals surface area contributed by atoms with Crippen molar-refractivity contribution in [3.05, 3.63) is 34.9 Å². The van der Waals surface area contributed by atoms with Gasteiger partial charge in [-0.2, -0.15) is 10.2 Å². The molecule has 1 aliphatic rings. The number of aromatic nitrogens is 4. The molecule has 1 aliphatic heterocycles. The zero-order valence-electron chi connectivity index (χ0n) is 13.8. The Morgan fingerprint density at radius 1 is 1.36 bits per heavy atom. The lowest BCUT2D eigenvalue weighted by molar-refractivity contribution is 0.0893. The molecule has 2 aromatic heterocycles. The van der Waals surface area contributed by atoms with Crippen LogP contribution in [0.25, 0.3) is 0 Å². The lowest BCUT2D eigenvalue weighted by atomic mass is 9.94. The Labute approximate surface area is 131 Å².